The zero-order valence-corrected chi connectivity index (χ0v) is 10.3. The average Bonchev–Trinajstić information content (AvgIpc) is 2.33. The third-order valence-electron chi connectivity index (χ3n) is 3.31. The van der Waals surface area contributed by atoms with Crippen LogP contribution in [0.4, 0.5) is 11.5 Å². The van der Waals surface area contributed by atoms with Crippen LogP contribution in [0.25, 0.3) is 0 Å². The predicted molar refractivity (Wildman–Crippen MR) is 67.2 cm³/mol. The number of piperidine rings is 1. The van der Waals surface area contributed by atoms with Gasteiger partial charge in [-0.2, -0.15) is 4.98 Å². The molecule has 2 atom stereocenters. The number of rotatable bonds is 2. The number of nitrogens with two attached hydrogens (primary N) is 1. The zero-order chi connectivity index (χ0) is 12.4. The number of methoxy groups -OCH3 is 1. The number of anilines is 2. The Labute approximate surface area is 101 Å². The van der Waals surface area contributed by atoms with E-state index in [1.54, 1.807) is 19.2 Å². The molecule has 5 heteroatoms. The minimum atomic E-state index is -0.323. The fourth-order valence-corrected chi connectivity index (χ4v) is 2.05. The van der Waals surface area contributed by atoms with E-state index < -0.39 is 0 Å². The number of hydrogen-bond donors (Lipinski definition) is 2. The summed E-state index contributed by atoms with van der Waals surface area (Å²) in [7, 11) is 1.58. The van der Waals surface area contributed by atoms with E-state index in [0.717, 1.165) is 13.0 Å². The second kappa shape index (κ2) is 4.79. The molecular formula is C12H19N3O2. The van der Waals surface area contributed by atoms with E-state index in [1.165, 1.54) is 0 Å². The monoisotopic (exact) mass is 237 g/mol. The third-order valence-corrected chi connectivity index (χ3v) is 3.31. The van der Waals surface area contributed by atoms with Crippen molar-refractivity contribution in [2.24, 2.45) is 5.92 Å². The summed E-state index contributed by atoms with van der Waals surface area (Å²) < 4.78 is 5.09. The first-order valence-corrected chi connectivity index (χ1v) is 5.85. The first kappa shape index (κ1) is 12.0. The van der Waals surface area contributed by atoms with Gasteiger partial charge in [0.2, 0.25) is 5.88 Å². The van der Waals surface area contributed by atoms with Crippen LogP contribution < -0.4 is 15.4 Å². The van der Waals surface area contributed by atoms with Gasteiger partial charge in [0.05, 0.1) is 18.9 Å². The van der Waals surface area contributed by atoms with Crippen molar-refractivity contribution >= 4 is 11.5 Å². The quantitative estimate of drug-likeness (QED) is 0.799. The average molecular weight is 237 g/mol. The van der Waals surface area contributed by atoms with Crippen molar-refractivity contribution < 1.29 is 9.84 Å². The van der Waals surface area contributed by atoms with Gasteiger partial charge >= 0.3 is 0 Å². The Bertz CT molecular complexity index is 397. The van der Waals surface area contributed by atoms with Gasteiger partial charge in [-0.3, -0.25) is 0 Å². The first-order valence-electron chi connectivity index (χ1n) is 5.85. The number of aliphatic hydroxyl groups excluding tert-OH is 1. The van der Waals surface area contributed by atoms with Gasteiger partial charge in [-0.1, -0.05) is 6.92 Å². The topological polar surface area (TPSA) is 71.6 Å². The molecule has 0 amide bonds. The molecule has 2 unspecified atom stereocenters. The van der Waals surface area contributed by atoms with E-state index in [1.807, 2.05) is 4.90 Å². The smallest absolute Gasteiger partial charge is 0.215 e. The Morgan fingerprint density at radius 1 is 1.53 bits per heavy atom. The summed E-state index contributed by atoms with van der Waals surface area (Å²) in [4.78, 5) is 6.36. The maximum Gasteiger partial charge on any atom is 0.215 e. The molecule has 2 rings (SSSR count). The summed E-state index contributed by atoms with van der Waals surface area (Å²) >= 11 is 0. The van der Waals surface area contributed by atoms with E-state index in [4.69, 9.17) is 10.5 Å². The molecule has 2 heterocycles. The molecule has 3 N–H and O–H groups in total. The normalized spacial score (nSPS) is 24.8. The molecule has 0 aromatic carbocycles. The summed E-state index contributed by atoms with van der Waals surface area (Å²) in [6.07, 6.45) is 0.621. The van der Waals surface area contributed by atoms with Crippen molar-refractivity contribution in [1.29, 1.82) is 0 Å². The number of β-amino-alcohol motifs (C(OH)–C–C–N with tert-alkyl or cyclic N) is 1. The molecule has 0 radical (unpaired) electrons. The molecule has 0 saturated carbocycles. The highest BCUT2D eigenvalue weighted by molar-refractivity contribution is 5.63. The lowest BCUT2D eigenvalue weighted by atomic mass is 9.96. The Morgan fingerprint density at radius 3 is 2.94 bits per heavy atom. The molecule has 1 aliphatic heterocycles. The molecule has 0 aliphatic carbocycles. The van der Waals surface area contributed by atoms with Crippen molar-refractivity contribution in [2.75, 3.05) is 30.8 Å². The molecule has 1 saturated heterocycles. The van der Waals surface area contributed by atoms with Crippen molar-refractivity contribution in [3.8, 4) is 5.88 Å². The lowest BCUT2D eigenvalue weighted by Crippen LogP contribution is -2.43. The second-order valence-corrected chi connectivity index (χ2v) is 4.55. The standard InChI is InChI=1S/C12H19N3O2/c1-8-5-6-15(7-10(8)16)12-9(13)3-4-11(14-12)17-2/h3-4,8,10,16H,5-7,13H2,1-2H3. The molecule has 1 aromatic rings. The minimum Gasteiger partial charge on any atom is -0.481 e. The second-order valence-electron chi connectivity index (χ2n) is 4.55. The largest absolute Gasteiger partial charge is 0.481 e. The van der Waals surface area contributed by atoms with Crippen LogP contribution in [0, 0.1) is 5.92 Å². The van der Waals surface area contributed by atoms with Crippen LogP contribution in [0.15, 0.2) is 12.1 Å². The molecular weight excluding hydrogens is 218 g/mol. The maximum atomic E-state index is 9.89. The molecule has 5 nitrogen and oxygen atoms in total. The molecule has 0 spiro atoms. The fourth-order valence-electron chi connectivity index (χ4n) is 2.05. The number of aromatic nitrogens is 1. The van der Waals surface area contributed by atoms with Crippen LogP contribution in [0.2, 0.25) is 0 Å². The van der Waals surface area contributed by atoms with Crippen LogP contribution in [0.5, 0.6) is 5.88 Å². The number of aliphatic hydroxyl groups is 1. The van der Waals surface area contributed by atoms with Crippen molar-refractivity contribution in [3.63, 3.8) is 0 Å². The number of hydrogen-bond acceptors (Lipinski definition) is 5. The van der Waals surface area contributed by atoms with E-state index >= 15 is 0 Å². The molecule has 94 valence electrons. The molecule has 1 aromatic heterocycles. The number of ether oxygens (including phenoxy) is 1. The highest BCUT2D eigenvalue weighted by atomic mass is 16.5. The first-order chi connectivity index (χ1) is 8.11. The Kier molecular flexibility index (Phi) is 3.38. The van der Waals surface area contributed by atoms with Crippen LogP contribution in [-0.2, 0) is 0 Å². The van der Waals surface area contributed by atoms with Gasteiger partial charge in [0, 0.05) is 19.2 Å². The lowest BCUT2D eigenvalue weighted by molar-refractivity contribution is 0.102. The molecule has 0 bridgehead atoms. The summed E-state index contributed by atoms with van der Waals surface area (Å²) in [6, 6.07) is 3.52. The fraction of sp³-hybridized carbons (Fsp3) is 0.583. The molecule has 1 aliphatic rings. The SMILES string of the molecule is COc1ccc(N)c(N2CCC(C)C(O)C2)n1. The van der Waals surface area contributed by atoms with E-state index in [9.17, 15) is 5.11 Å². The summed E-state index contributed by atoms with van der Waals surface area (Å²) in [5.74, 6) is 1.58. The Balaban J connectivity index is 2.21. The molecule has 17 heavy (non-hydrogen) atoms. The van der Waals surface area contributed by atoms with Gasteiger partial charge in [-0.05, 0) is 18.4 Å². The summed E-state index contributed by atoms with van der Waals surface area (Å²) in [5, 5.41) is 9.89. The van der Waals surface area contributed by atoms with Gasteiger partial charge in [0.25, 0.3) is 0 Å². The van der Waals surface area contributed by atoms with Gasteiger partial charge in [0.1, 0.15) is 0 Å². The highest BCUT2D eigenvalue weighted by Gasteiger charge is 2.26. The van der Waals surface area contributed by atoms with Crippen LogP contribution in [-0.4, -0.2) is 36.4 Å². The van der Waals surface area contributed by atoms with Crippen LogP contribution in [0.1, 0.15) is 13.3 Å². The van der Waals surface area contributed by atoms with Crippen LogP contribution >= 0.6 is 0 Å². The van der Waals surface area contributed by atoms with Crippen molar-refractivity contribution in [3.05, 3.63) is 12.1 Å². The third kappa shape index (κ3) is 2.44. The van der Waals surface area contributed by atoms with E-state index in [-0.39, 0.29) is 6.10 Å². The summed E-state index contributed by atoms with van der Waals surface area (Å²) in [6.45, 7) is 3.50. The maximum absolute atomic E-state index is 9.89. The van der Waals surface area contributed by atoms with Gasteiger partial charge in [-0.15, -0.1) is 0 Å². The van der Waals surface area contributed by atoms with Crippen LogP contribution in [0.3, 0.4) is 0 Å². The van der Waals surface area contributed by atoms with Gasteiger partial charge < -0.3 is 20.5 Å². The van der Waals surface area contributed by atoms with Gasteiger partial charge in [-0.25, -0.2) is 0 Å². The van der Waals surface area contributed by atoms with Crippen molar-refractivity contribution in [1.82, 2.24) is 4.98 Å². The molecule has 1 fully saturated rings. The Hall–Kier alpha value is -1.49. The summed E-state index contributed by atoms with van der Waals surface area (Å²) in [5.41, 5.74) is 6.53. The number of nitrogens with zero attached hydrogens (tertiary/aromatic N) is 2. The number of nitrogen functional groups attached to an aromatic ring is 1. The highest BCUT2D eigenvalue weighted by Crippen LogP contribution is 2.28. The van der Waals surface area contributed by atoms with E-state index in [0.29, 0.717) is 29.8 Å². The predicted octanol–water partition coefficient (Wildman–Crippen LogP) is 0.879. The Morgan fingerprint density at radius 2 is 2.29 bits per heavy atom. The van der Waals surface area contributed by atoms with Crippen molar-refractivity contribution in [2.45, 2.75) is 19.4 Å². The minimum absolute atomic E-state index is 0.323. The zero-order valence-electron chi connectivity index (χ0n) is 10.3. The lowest BCUT2D eigenvalue weighted by Gasteiger charge is -2.35. The van der Waals surface area contributed by atoms with E-state index in [2.05, 4.69) is 11.9 Å². The van der Waals surface area contributed by atoms with Gasteiger partial charge in [0.15, 0.2) is 5.82 Å². The number of pyridine rings is 1.